The maximum atomic E-state index is 13.4. The number of rotatable bonds is 8. The number of aromatic hydroxyl groups is 1. The van der Waals surface area contributed by atoms with E-state index in [2.05, 4.69) is 35.5 Å². The van der Waals surface area contributed by atoms with Gasteiger partial charge in [0.05, 0.1) is 41.0 Å². The molecule has 4 N–H and O–H groups in total. The van der Waals surface area contributed by atoms with Gasteiger partial charge in [0, 0.05) is 29.6 Å². The van der Waals surface area contributed by atoms with Gasteiger partial charge in [0.25, 0.3) is 15.9 Å². The van der Waals surface area contributed by atoms with Crippen LogP contribution in [-0.4, -0.2) is 46.7 Å². The molecule has 40 heavy (non-hydrogen) atoms. The minimum Gasteiger partial charge on any atom is -0.508 e. The highest BCUT2D eigenvalue weighted by atomic mass is 32.2. The normalized spacial score (nSPS) is 10.8. The number of fused-ring (bicyclic) bond motifs is 1. The Morgan fingerprint density at radius 1 is 0.875 bits per heavy atom. The van der Waals surface area contributed by atoms with Crippen molar-refractivity contribution in [3.63, 3.8) is 0 Å². The predicted molar refractivity (Wildman–Crippen MR) is 151 cm³/mol. The third-order valence-electron chi connectivity index (χ3n) is 5.44. The minimum absolute atomic E-state index is 0. The molecule has 0 saturated heterocycles. The molecule has 0 aliphatic rings. The Morgan fingerprint density at radius 2 is 1.62 bits per heavy atom. The smallest absolute Gasteiger partial charge is 0.263 e. The van der Waals surface area contributed by atoms with Crippen LogP contribution in [0.3, 0.4) is 0 Å². The van der Waals surface area contributed by atoms with Crippen molar-refractivity contribution in [1.29, 1.82) is 0 Å². The van der Waals surface area contributed by atoms with E-state index in [0.717, 1.165) is 0 Å². The van der Waals surface area contributed by atoms with Crippen LogP contribution in [-0.2, 0) is 10.0 Å². The van der Waals surface area contributed by atoms with Crippen LogP contribution in [0.15, 0.2) is 90.1 Å². The zero-order chi connectivity index (χ0) is 27.4. The number of nitrogens with zero attached hydrogens (tertiary/aromatic N) is 4. The van der Waals surface area contributed by atoms with Gasteiger partial charge in [0.15, 0.2) is 11.6 Å². The summed E-state index contributed by atoms with van der Waals surface area (Å²) in [5.41, 5.74) is 1.90. The van der Waals surface area contributed by atoms with Crippen molar-refractivity contribution in [1.82, 2.24) is 20.2 Å². The molecule has 2 aromatic heterocycles. The number of carbonyl (C=O) groups excluding carboxylic acids is 1. The lowest BCUT2D eigenvalue weighted by Crippen LogP contribution is -2.17. The highest BCUT2D eigenvalue weighted by Crippen LogP contribution is 2.31. The van der Waals surface area contributed by atoms with Gasteiger partial charge in [-0.1, -0.05) is 25.6 Å². The van der Waals surface area contributed by atoms with E-state index in [9.17, 15) is 18.3 Å². The molecule has 204 valence electrons. The molecule has 0 spiro atoms. The van der Waals surface area contributed by atoms with Gasteiger partial charge in [0.1, 0.15) is 11.5 Å². The predicted octanol–water partition coefficient (Wildman–Crippen LogP) is 4.57. The molecule has 5 aromatic rings. The first-order chi connectivity index (χ1) is 18.8. The summed E-state index contributed by atoms with van der Waals surface area (Å²) in [5.74, 6) is -0.127. The van der Waals surface area contributed by atoms with Gasteiger partial charge in [-0.3, -0.25) is 9.52 Å². The van der Waals surface area contributed by atoms with Crippen LogP contribution in [0.25, 0.3) is 11.0 Å². The lowest BCUT2D eigenvalue weighted by Gasteiger charge is -2.15. The Bertz CT molecular complexity index is 1780. The SMILES string of the molecule is C.COc1cc(O)cc(Nc2nc3ccccc3nc2NS(=O)(=O)c2cccc(NC(=O)c3ccnnc3)c2)c1. The van der Waals surface area contributed by atoms with E-state index in [1.165, 1.54) is 55.9 Å². The van der Waals surface area contributed by atoms with E-state index < -0.39 is 15.9 Å². The molecule has 3 aromatic carbocycles. The molecular formula is C27H25N7O5S. The molecule has 0 fully saturated rings. The van der Waals surface area contributed by atoms with Crippen LogP contribution in [0.5, 0.6) is 11.5 Å². The van der Waals surface area contributed by atoms with Crippen LogP contribution < -0.4 is 20.1 Å². The van der Waals surface area contributed by atoms with Gasteiger partial charge in [-0.05, 0) is 36.4 Å². The summed E-state index contributed by atoms with van der Waals surface area (Å²) >= 11 is 0. The van der Waals surface area contributed by atoms with E-state index in [1.807, 2.05) is 0 Å². The number of nitrogens with one attached hydrogen (secondary N) is 3. The Morgan fingerprint density at radius 3 is 2.33 bits per heavy atom. The number of phenolic OH excluding ortho intramolecular Hbond substituents is 1. The Balaban J connectivity index is 0.00000370. The highest BCUT2D eigenvalue weighted by Gasteiger charge is 2.20. The van der Waals surface area contributed by atoms with Gasteiger partial charge < -0.3 is 20.5 Å². The van der Waals surface area contributed by atoms with Crippen LogP contribution in [0.4, 0.5) is 23.0 Å². The molecule has 0 radical (unpaired) electrons. The molecule has 2 heterocycles. The Hall–Kier alpha value is -5.30. The fourth-order valence-corrected chi connectivity index (χ4v) is 4.68. The van der Waals surface area contributed by atoms with Gasteiger partial charge >= 0.3 is 0 Å². The summed E-state index contributed by atoms with van der Waals surface area (Å²) in [5, 5.41) is 23.0. The van der Waals surface area contributed by atoms with Crippen molar-refractivity contribution in [3.8, 4) is 11.5 Å². The molecule has 0 bridgehead atoms. The first kappa shape index (κ1) is 27.7. The first-order valence-electron chi connectivity index (χ1n) is 11.4. The molecule has 0 aliphatic carbocycles. The molecule has 1 amide bonds. The van der Waals surface area contributed by atoms with E-state index in [0.29, 0.717) is 22.5 Å². The number of carbonyl (C=O) groups is 1. The number of benzene rings is 3. The second-order valence-corrected chi connectivity index (χ2v) is 9.86. The fraction of sp³-hybridized carbons (Fsp3) is 0.0741. The Kier molecular flexibility index (Phi) is 8.05. The lowest BCUT2D eigenvalue weighted by molar-refractivity contribution is 0.102. The first-order valence-corrected chi connectivity index (χ1v) is 12.9. The highest BCUT2D eigenvalue weighted by molar-refractivity contribution is 7.92. The molecule has 12 nitrogen and oxygen atoms in total. The average Bonchev–Trinajstić information content (AvgIpc) is 2.93. The third kappa shape index (κ3) is 6.22. The second kappa shape index (κ2) is 11.6. The fourth-order valence-electron chi connectivity index (χ4n) is 3.62. The number of phenols is 1. The molecule has 0 unspecified atom stereocenters. The number of sulfonamides is 1. The lowest BCUT2D eigenvalue weighted by atomic mass is 10.2. The molecule has 0 atom stereocenters. The van der Waals surface area contributed by atoms with Crippen LogP contribution in [0, 0.1) is 0 Å². The molecule has 5 rings (SSSR count). The van der Waals surface area contributed by atoms with Crippen molar-refractivity contribution >= 4 is 50.0 Å². The maximum Gasteiger partial charge on any atom is 0.263 e. The largest absolute Gasteiger partial charge is 0.508 e. The van der Waals surface area contributed by atoms with Crippen LogP contribution in [0.2, 0.25) is 0 Å². The molecule has 13 heteroatoms. The van der Waals surface area contributed by atoms with Crippen molar-refractivity contribution in [2.24, 2.45) is 0 Å². The van der Waals surface area contributed by atoms with Crippen molar-refractivity contribution < 1.29 is 23.1 Å². The molecule has 0 aliphatic heterocycles. The van der Waals surface area contributed by atoms with E-state index in [1.54, 1.807) is 36.4 Å². The van der Waals surface area contributed by atoms with Crippen LogP contribution >= 0.6 is 0 Å². The topological polar surface area (TPSA) is 168 Å². The number of para-hydroxylation sites is 2. The second-order valence-electron chi connectivity index (χ2n) is 8.17. The molecule has 0 saturated carbocycles. The summed E-state index contributed by atoms with van der Waals surface area (Å²) in [7, 11) is -2.72. The average molecular weight is 560 g/mol. The monoisotopic (exact) mass is 559 g/mol. The number of hydrogen-bond donors (Lipinski definition) is 4. The summed E-state index contributed by atoms with van der Waals surface area (Å²) in [6, 6.07) is 18.7. The van der Waals surface area contributed by atoms with Gasteiger partial charge in [-0.25, -0.2) is 18.4 Å². The number of hydrogen-bond acceptors (Lipinski definition) is 10. The maximum absolute atomic E-state index is 13.4. The molecular weight excluding hydrogens is 534 g/mol. The van der Waals surface area contributed by atoms with Gasteiger partial charge in [0.2, 0.25) is 0 Å². The van der Waals surface area contributed by atoms with E-state index in [4.69, 9.17) is 4.74 Å². The number of aromatic nitrogens is 4. The summed E-state index contributed by atoms with van der Waals surface area (Å²) in [6.45, 7) is 0. The van der Waals surface area contributed by atoms with E-state index >= 15 is 0 Å². The summed E-state index contributed by atoms with van der Waals surface area (Å²) in [4.78, 5) is 21.4. The minimum atomic E-state index is -4.18. The zero-order valence-electron chi connectivity index (χ0n) is 20.4. The Labute approximate surface area is 230 Å². The van der Waals surface area contributed by atoms with Gasteiger partial charge in [-0.2, -0.15) is 10.2 Å². The van der Waals surface area contributed by atoms with Crippen molar-refractivity contribution in [2.45, 2.75) is 12.3 Å². The zero-order valence-corrected chi connectivity index (χ0v) is 21.2. The van der Waals surface area contributed by atoms with Crippen molar-refractivity contribution in [2.75, 3.05) is 22.5 Å². The van der Waals surface area contributed by atoms with Crippen LogP contribution in [0.1, 0.15) is 17.8 Å². The van der Waals surface area contributed by atoms with Gasteiger partial charge in [-0.15, -0.1) is 0 Å². The van der Waals surface area contributed by atoms with E-state index in [-0.39, 0.29) is 41.0 Å². The standard InChI is InChI=1S/C26H21N7O5S.CH4/c1-38-20-12-18(11-19(34)14-20)29-24-25(32-23-8-3-2-7-22(23)31-24)33-39(36,37)21-6-4-5-17(13-21)30-26(35)16-9-10-27-28-15-16;/h2-15,34H,1H3,(H,29,31)(H,30,35)(H,32,33);1H4. The number of anilines is 4. The quantitative estimate of drug-likeness (QED) is 0.211. The number of amides is 1. The third-order valence-corrected chi connectivity index (χ3v) is 6.78. The number of ether oxygens (including phenoxy) is 1. The number of methoxy groups -OCH3 is 1. The summed E-state index contributed by atoms with van der Waals surface area (Å²) < 4.78 is 34.5. The van der Waals surface area contributed by atoms with Crippen molar-refractivity contribution in [3.05, 3.63) is 90.8 Å². The summed E-state index contributed by atoms with van der Waals surface area (Å²) in [6.07, 6.45) is 2.68.